The lowest BCUT2D eigenvalue weighted by Crippen LogP contribution is -2.58. The van der Waals surface area contributed by atoms with Crippen molar-refractivity contribution < 1.29 is 28.6 Å². The summed E-state index contributed by atoms with van der Waals surface area (Å²) in [5.74, 6) is -0.765. The Bertz CT molecular complexity index is 1340. The van der Waals surface area contributed by atoms with Gasteiger partial charge in [0.15, 0.2) is 5.75 Å². The number of pyridine rings is 1. The van der Waals surface area contributed by atoms with Crippen molar-refractivity contribution in [1.29, 1.82) is 0 Å². The van der Waals surface area contributed by atoms with Crippen molar-refractivity contribution in [2.75, 3.05) is 44.2 Å². The molecular formula is C28H32ClFN4O5. The van der Waals surface area contributed by atoms with Gasteiger partial charge in [0.1, 0.15) is 45.9 Å². The number of anilines is 1. The van der Waals surface area contributed by atoms with E-state index in [1.54, 1.807) is 9.80 Å². The SMILES string of the molecule is CC(C)(C)OC(=O)N1CCN2C(=O)c3c(N4CCC5(CC5)C4)nc(-c4c(O)cccc4F)c(Cl)c3OC[C@H]2C1. The number of carbonyl (C=O) groups is 2. The molecule has 1 atom stereocenters. The first-order chi connectivity index (χ1) is 18.5. The molecule has 0 unspecified atom stereocenters. The maximum atomic E-state index is 15.0. The molecule has 6 rings (SSSR count). The summed E-state index contributed by atoms with van der Waals surface area (Å²) in [5, 5.41) is 10.5. The van der Waals surface area contributed by atoms with E-state index in [4.69, 9.17) is 26.1 Å². The molecular weight excluding hydrogens is 527 g/mol. The van der Waals surface area contributed by atoms with Gasteiger partial charge in [-0.3, -0.25) is 4.79 Å². The molecule has 1 spiro atoms. The van der Waals surface area contributed by atoms with Crippen LogP contribution in [0.1, 0.15) is 50.4 Å². The third kappa shape index (κ3) is 4.62. The van der Waals surface area contributed by atoms with Crippen LogP contribution in [0.5, 0.6) is 11.5 Å². The number of piperazine rings is 1. The second kappa shape index (κ2) is 9.15. The van der Waals surface area contributed by atoms with E-state index in [2.05, 4.69) is 4.90 Å². The summed E-state index contributed by atoms with van der Waals surface area (Å²) in [7, 11) is 0. The number of aromatic nitrogens is 1. The van der Waals surface area contributed by atoms with Crippen molar-refractivity contribution in [2.45, 2.75) is 51.7 Å². The average Bonchev–Trinajstić information content (AvgIpc) is 3.53. The van der Waals surface area contributed by atoms with E-state index in [1.807, 2.05) is 20.8 Å². The van der Waals surface area contributed by atoms with Gasteiger partial charge >= 0.3 is 6.09 Å². The highest BCUT2D eigenvalue weighted by atomic mass is 35.5. The molecule has 2 aromatic rings. The van der Waals surface area contributed by atoms with Crippen molar-refractivity contribution >= 4 is 29.4 Å². The van der Waals surface area contributed by atoms with Gasteiger partial charge in [-0.15, -0.1) is 0 Å². The Morgan fingerprint density at radius 2 is 1.97 bits per heavy atom. The predicted octanol–water partition coefficient (Wildman–Crippen LogP) is 4.69. The zero-order valence-electron chi connectivity index (χ0n) is 22.3. The van der Waals surface area contributed by atoms with Gasteiger partial charge < -0.3 is 29.3 Å². The van der Waals surface area contributed by atoms with E-state index in [1.165, 1.54) is 18.2 Å². The molecule has 39 heavy (non-hydrogen) atoms. The van der Waals surface area contributed by atoms with Crippen LogP contribution >= 0.6 is 11.6 Å². The van der Waals surface area contributed by atoms with Crippen molar-refractivity contribution in [2.24, 2.45) is 5.41 Å². The van der Waals surface area contributed by atoms with Crippen LogP contribution in [0.15, 0.2) is 18.2 Å². The molecule has 1 aromatic carbocycles. The van der Waals surface area contributed by atoms with Crippen molar-refractivity contribution in [3.8, 4) is 22.8 Å². The molecule has 4 aliphatic rings. The van der Waals surface area contributed by atoms with Gasteiger partial charge in [-0.2, -0.15) is 0 Å². The van der Waals surface area contributed by atoms with Crippen LogP contribution in [0.4, 0.5) is 15.0 Å². The summed E-state index contributed by atoms with van der Waals surface area (Å²) in [6.07, 6.45) is 2.79. The molecule has 0 bridgehead atoms. The molecule has 1 aromatic heterocycles. The van der Waals surface area contributed by atoms with Crippen LogP contribution in [0.3, 0.4) is 0 Å². The topological polar surface area (TPSA) is 95.4 Å². The average molecular weight is 559 g/mol. The zero-order chi connectivity index (χ0) is 27.7. The number of carbonyl (C=O) groups excluding carboxylic acids is 2. The number of fused-ring (bicyclic) bond motifs is 2. The largest absolute Gasteiger partial charge is 0.507 e. The highest BCUT2D eigenvalue weighted by Gasteiger charge is 2.50. The highest BCUT2D eigenvalue weighted by Crippen LogP contribution is 2.54. The minimum absolute atomic E-state index is 0.0285. The van der Waals surface area contributed by atoms with Crippen LogP contribution < -0.4 is 9.64 Å². The molecule has 11 heteroatoms. The normalized spacial score (nSPS) is 21.8. The van der Waals surface area contributed by atoms with E-state index >= 15 is 0 Å². The Kier molecular flexibility index (Phi) is 6.09. The number of rotatable bonds is 2. The molecule has 1 saturated carbocycles. The maximum absolute atomic E-state index is 15.0. The first-order valence-electron chi connectivity index (χ1n) is 13.3. The molecule has 208 valence electrons. The highest BCUT2D eigenvalue weighted by molar-refractivity contribution is 6.35. The van der Waals surface area contributed by atoms with Crippen molar-refractivity contribution in [3.05, 3.63) is 34.6 Å². The minimum Gasteiger partial charge on any atom is -0.507 e. The van der Waals surface area contributed by atoms with E-state index < -0.39 is 23.6 Å². The van der Waals surface area contributed by atoms with Crippen molar-refractivity contribution in [1.82, 2.24) is 14.8 Å². The zero-order valence-corrected chi connectivity index (χ0v) is 23.1. The number of halogens is 2. The van der Waals surface area contributed by atoms with Crippen LogP contribution in [0.25, 0.3) is 11.3 Å². The van der Waals surface area contributed by atoms with E-state index in [9.17, 15) is 19.1 Å². The Hall–Kier alpha value is -3.27. The number of ether oxygens (including phenoxy) is 2. The molecule has 3 aliphatic heterocycles. The molecule has 0 radical (unpaired) electrons. The standard InChI is InChI=1S/C28H32ClFN4O5/c1-27(2,3)39-26(37)32-11-12-34-16(13-32)14-38-23-20(25(34)36)24(33-10-9-28(15-33)7-8-28)31-22(21(23)29)19-17(30)5-4-6-18(19)35/h4-6,16,35H,7-15H2,1-3H3/t16-/m1/s1. The molecule has 4 heterocycles. The van der Waals surface area contributed by atoms with Gasteiger partial charge in [0.05, 0.1) is 11.6 Å². The molecule has 2 amide bonds. The summed E-state index contributed by atoms with van der Waals surface area (Å²) in [5.41, 5.74) is -0.283. The molecule has 3 fully saturated rings. The number of hydrogen-bond donors (Lipinski definition) is 1. The van der Waals surface area contributed by atoms with Gasteiger partial charge in [0.25, 0.3) is 5.91 Å². The number of hydrogen-bond acceptors (Lipinski definition) is 7. The van der Waals surface area contributed by atoms with Gasteiger partial charge in [-0.1, -0.05) is 17.7 Å². The number of aromatic hydroxyl groups is 1. The van der Waals surface area contributed by atoms with E-state index in [-0.39, 0.29) is 57.8 Å². The fourth-order valence-electron chi connectivity index (χ4n) is 5.78. The number of nitrogens with zero attached hydrogens (tertiary/aromatic N) is 4. The van der Waals surface area contributed by atoms with Crippen LogP contribution in [-0.4, -0.2) is 82.9 Å². The van der Waals surface area contributed by atoms with E-state index in [0.717, 1.165) is 25.8 Å². The second-order valence-electron chi connectivity index (χ2n) is 12.0. The number of amides is 2. The Morgan fingerprint density at radius 1 is 1.21 bits per heavy atom. The number of benzene rings is 1. The fraction of sp³-hybridized carbons (Fsp3) is 0.536. The quantitative estimate of drug-likeness (QED) is 0.571. The van der Waals surface area contributed by atoms with E-state index in [0.29, 0.717) is 25.5 Å². The second-order valence-corrected chi connectivity index (χ2v) is 12.4. The maximum Gasteiger partial charge on any atom is 0.410 e. The first kappa shape index (κ1) is 26.0. The smallest absolute Gasteiger partial charge is 0.410 e. The van der Waals surface area contributed by atoms with Gasteiger partial charge in [-0.05, 0) is 57.6 Å². The summed E-state index contributed by atoms with van der Waals surface area (Å²) < 4.78 is 26.7. The molecule has 9 nitrogen and oxygen atoms in total. The fourth-order valence-corrected chi connectivity index (χ4v) is 6.07. The number of phenols is 1. The van der Waals surface area contributed by atoms with Crippen LogP contribution in [-0.2, 0) is 4.74 Å². The lowest BCUT2D eigenvalue weighted by Gasteiger charge is -2.40. The molecule has 2 saturated heterocycles. The van der Waals surface area contributed by atoms with Crippen LogP contribution in [0, 0.1) is 11.2 Å². The van der Waals surface area contributed by atoms with Crippen molar-refractivity contribution in [3.63, 3.8) is 0 Å². The summed E-state index contributed by atoms with van der Waals surface area (Å²) in [6.45, 7) is 7.79. The molecule has 1 N–H and O–H groups in total. The summed E-state index contributed by atoms with van der Waals surface area (Å²) in [6, 6.07) is 3.56. The molecule has 1 aliphatic carbocycles. The third-order valence-corrected chi connectivity index (χ3v) is 8.38. The monoisotopic (exact) mass is 558 g/mol. The van der Waals surface area contributed by atoms with Crippen LogP contribution in [0.2, 0.25) is 5.02 Å². The Morgan fingerprint density at radius 3 is 2.64 bits per heavy atom. The lowest BCUT2D eigenvalue weighted by atomic mass is 10.1. The van der Waals surface area contributed by atoms with Gasteiger partial charge in [-0.25, -0.2) is 14.2 Å². The lowest BCUT2D eigenvalue weighted by molar-refractivity contribution is 0.000955. The Labute approximate surface area is 231 Å². The first-order valence-corrected chi connectivity index (χ1v) is 13.7. The Balaban J connectivity index is 1.41. The third-order valence-electron chi connectivity index (χ3n) is 8.03. The predicted molar refractivity (Wildman–Crippen MR) is 143 cm³/mol. The number of phenolic OH excluding ortho intramolecular Hbond substituents is 1. The van der Waals surface area contributed by atoms with Gasteiger partial charge in [0.2, 0.25) is 0 Å². The summed E-state index contributed by atoms with van der Waals surface area (Å²) in [4.78, 5) is 37.0. The summed E-state index contributed by atoms with van der Waals surface area (Å²) >= 11 is 6.80. The van der Waals surface area contributed by atoms with Gasteiger partial charge in [0, 0.05) is 32.7 Å². The minimum atomic E-state index is -0.680.